The normalized spacial score (nSPS) is 11.3. The van der Waals surface area contributed by atoms with Gasteiger partial charge in [-0.15, -0.1) is 0 Å². The number of ether oxygens (including phenoxy) is 1. The Bertz CT molecular complexity index is 974. The van der Waals surface area contributed by atoms with Crippen LogP contribution in [0.5, 0.6) is 11.6 Å². The highest BCUT2D eigenvalue weighted by Gasteiger charge is 2.18. The number of H-pyrrole nitrogens is 1. The van der Waals surface area contributed by atoms with Crippen LogP contribution in [0.1, 0.15) is 25.5 Å². The standard InChI is InChI=1S/C16H18N4O3/c1-9(2)14-15-11(19(3)16(22)20(15)4)7-13(18-14)23-10-5-6-12(21)17-8-10/h5-9H,1-4H3,(H,17,21). The van der Waals surface area contributed by atoms with Gasteiger partial charge >= 0.3 is 5.69 Å². The van der Waals surface area contributed by atoms with Crippen LogP contribution in [0.2, 0.25) is 0 Å². The molecule has 0 radical (unpaired) electrons. The van der Waals surface area contributed by atoms with E-state index >= 15 is 0 Å². The van der Waals surface area contributed by atoms with Gasteiger partial charge in [0.05, 0.1) is 16.7 Å². The molecule has 0 amide bonds. The summed E-state index contributed by atoms with van der Waals surface area (Å²) in [6, 6.07) is 4.69. The maximum atomic E-state index is 12.2. The molecule has 7 heteroatoms. The number of hydrogen-bond donors (Lipinski definition) is 1. The highest BCUT2D eigenvalue weighted by atomic mass is 16.5. The Morgan fingerprint density at radius 1 is 1.17 bits per heavy atom. The molecule has 0 aromatic carbocycles. The molecule has 3 heterocycles. The fraction of sp³-hybridized carbons (Fsp3) is 0.312. The SMILES string of the molecule is CC(C)c1nc(Oc2ccc(=O)[nH]c2)cc2c1n(C)c(=O)n2C. The third-order valence-electron chi connectivity index (χ3n) is 3.77. The van der Waals surface area contributed by atoms with Crippen molar-refractivity contribution in [2.24, 2.45) is 14.1 Å². The number of nitrogens with one attached hydrogen (secondary N) is 1. The van der Waals surface area contributed by atoms with Crippen LogP contribution in [0.3, 0.4) is 0 Å². The molecule has 3 aromatic rings. The number of aryl methyl sites for hydroxylation is 2. The van der Waals surface area contributed by atoms with Gasteiger partial charge in [0.25, 0.3) is 0 Å². The van der Waals surface area contributed by atoms with E-state index in [-0.39, 0.29) is 17.2 Å². The maximum absolute atomic E-state index is 12.2. The summed E-state index contributed by atoms with van der Waals surface area (Å²) >= 11 is 0. The minimum Gasteiger partial charge on any atom is -0.437 e. The molecule has 0 aliphatic heterocycles. The highest BCUT2D eigenvalue weighted by Crippen LogP contribution is 2.28. The molecule has 7 nitrogen and oxygen atoms in total. The molecule has 0 atom stereocenters. The summed E-state index contributed by atoms with van der Waals surface area (Å²) in [6.45, 7) is 4.03. The fourth-order valence-electron chi connectivity index (χ4n) is 2.58. The van der Waals surface area contributed by atoms with Gasteiger partial charge in [-0.1, -0.05) is 13.8 Å². The topological polar surface area (TPSA) is 81.9 Å². The molecule has 1 N–H and O–H groups in total. The van der Waals surface area contributed by atoms with Crippen LogP contribution in [0.25, 0.3) is 11.0 Å². The molecule has 0 bridgehead atoms. The number of aromatic amines is 1. The molecule has 0 spiro atoms. The quantitative estimate of drug-likeness (QED) is 0.800. The summed E-state index contributed by atoms with van der Waals surface area (Å²) in [5.74, 6) is 0.992. The van der Waals surface area contributed by atoms with Crippen molar-refractivity contribution in [3.8, 4) is 11.6 Å². The largest absolute Gasteiger partial charge is 0.437 e. The Balaban J connectivity index is 2.19. The number of nitrogens with zero attached hydrogens (tertiary/aromatic N) is 3. The number of hydrogen-bond acceptors (Lipinski definition) is 4. The monoisotopic (exact) mass is 314 g/mol. The molecule has 23 heavy (non-hydrogen) atoms. The Morgan fingerprint density at radius 2 is 1.91 bits per heavy atom. The molecule has 3 rings (SSSR count). The third kappa shape index (κ3) is 2.54. The summed E-state index contributed by atoms with van der Waals surface area (Å²) in [5, 5.41) is 0. The summed E-state index contributed by atoms with van der Waals surface area (Å²) in [5.41, 5.74) is 2.05. The lowest BCUT2D eigenvalue weighted by molar-refractivity contribution is 0.458. The lowest BCUT2D eigenvalue weighted by atomic mass is 10.1. The molecule has 0 aliphatic carbocycles. The van der Waals surface area contributed by atoms with E-state index in [9.17, 15) is 9.59 Å². The second-order valence-corrected chi connectivity index (χ2v) is 5.76. The van der Waals surface area contributed by atoms with Gasteiger partial charge in [-0.3, -0.25) is 13.9 Å². The van der Waals surface area contributed by atoms with Crippen molar-refractivity contribution in [3.05, 3.63) is 50.9 Å². The van der Waals surface area contributed by atoms with Crippen LogP contribution in [0.15, 0.2) is 34.0 Å². The first-order chi connectivity index (χ1) is 10.9. The Labute approximate surface area is 132 Å². The average molecular weight is 314 g/mol. The van der Waals surface area contributed by atoms with Gasteiger partial charge in [0.1, 0.15) is 5.75 Å². The lowest BCUT2D eigenvalue weighted by Gasteiger charge is -2.11. The van der Waals surface area contributed by atoms with Gasteiger partial charge in [-0.25, -0.2) is 9.78 Å². The zero-order chi connectivity index (χ0) is 16.7. The maximum Gasteiger partial charge on any atom is 0.328 e. The van der Waals surface area contributed by atoms with Gasteiger partial charge in [0.2, 0.25) is 11.4 Å². The highest BCUT2D eigenvalue weighted by molar-refractivity contribution is 5.80. The van der Waals surface area contributed by atoms with E-state index in [0.29, 0.717) is 11.6 Å². The van der Waals surface area contributed by atoms with E-state index in [1.165, 1.54) is 12.3 Å². The second kappa shape index (κ2) is 5.42. The van der Waals surface area contributed by atoms with E-state index in [4.69, 9.17) is 4.74 Å². The minimum atomic E-state index is -0.200. The number of fused-ring (bicyclic) bond motifs is 1. The smallest absolute Gasteiger partial charge is 0.328 e. The number of aromatic nitrogens is 4. The summed E-state index contributed by atoms with van der Waals surface area (Å²) < 4.78 is 8.90. The zero-order valence-corrected chi connectivity index (χ0v) is 13.5. The first-order valence-electron chi connectivity index (χ1n) is 7.31. The molecular formula is C16H18N4O3. The Morgan fingerprint density at radius 3 is 2.52 bits per heavy atom. The van der Waals surface area contributed by atoms with Crippen molar-refractivity contribution >= 4 is 11.0 Å². The number of imidazole rings is 1. The van der Waals surface area contributed by atoms with E-state index < -0.39 is 0 Å². The molecule has 0 fully saturated rings. The van der Waals surface area contributed by atoms with Crippen LogP contribution in [0, 0.1) is 0 Å². The Hall–Kier alpha value is -2.83. The van der Waals surface area contributed by atoms with Crippen LogP contribution < -0.4 is 16.0 Å². The van der Waals surface area contributed by atoms with Crippen molar-refractivity contribution in [2.45, 2.75) is 19.8 Å². The van der Waals surface area contributed by atoms with E-state index in [0.717, 1.165) is 16.7 Å². The second-order valence-electron chi connectivity index (χ2n) is 5.76. The predicted molar refractivity (Wildman–Crippen MR) is 87.2 cm³/mol. The van der Waals surface area contributed by atoms with Gasteiger partial charge < -0.3 is 9.72 Å². The molecule has 0 saturated carbocycles. The van der Waals surface area contributed by atoms with E-state index in [1.807, 2.05) is 13.8 Å². The predicted octanol–water partition coefficient (Wildman–Crippen LogP) is 1.88. The fourth-order valence-corrected chi connectivity index (χ4v) is 2.58. The van der Waals surface area contributed by atoms with Crippen LogP contribution in [-0.4, -0.2) is 19.1 Å². The van der Waals surface area contributed by atoms with Gasteiger partial charge in [0, 0.05) is 32.4 Å². The number of rotatable bonds is 3. The van der Waals surface area contributed by atoms with Gasteiger partial charge in [-0.2, -0.15) is 0 Å². The lowest BCUT2D eigenvalue weighted by Crippen LogP contribution is -2.19. The summed E-state index contributed by atoms with van der Waals surface area (Å²) in [6.07, 6.45) is 1.48. The Kier molecular flexibility index (Phi) is 3.55. The average Bonchev–Trinajstić information content (AvgIpc) is 2.74. The van der Waals surface area contributed by atoms with Crippen molar-refractivity contribution in [2.75, 3.05) is 0 Å². The molecular weight excluding hydrogens is 296 g/mol. The van der Waals surface area contributed by atoms with E-state index in [1.54, 1.807) is 35.4 Å². The minimum absolute atomic E-state index is 0.107. The van der Waals surface area contributed by atoms with Crippen LogP contribution in [0.4, 0.5) is 0 Å². The number of pyridine rings is 2. The first kappa shape index (κ1) is 15.1. The molecule has 3 aromatic heterocycles. The van der Waals surface area contributed by atoms with Gasteiger partial charge in [0.15, 0.2) is 0 Å². The molecule has 120 valence electrons. The van der Waals surface area contributed by atoms with E-state index in [2.05, 4.69) is 9.97 Å². The van der Waals surface area contributed by atoms with Crippen molar-refractivity contribution in [1.29, 1.82) is 0 Å². The third-order valence-corrected chi connectivity index (χ3v) is 3.77. The summed E-state index contributed by atoms with van der Waals surface area (Å²) in [7, 11) is 3.46. The molecule has 0 saturated heterocycles. The zero-order valence-electron chi connectivity index (χ0n) is 13.5. The van der Waals surface area contributed by atoms with Crippen LogP contribution >= 0.6 is 0 Å². The first-order valence-corrected chi connectivity index (χ1v) is 7.31. The molecule has 0 unspecified atom stereocenters. The van der Waals surface area contributed by atoms with Crippen molar-refractivity contribution in [1.82, 2.24) is 19.1 Å². The summed E-state index contributed by atoms with van der Waals surface area (Å²) in [4.78, 5) is 30.4. The van der Waals surface area contributed by atoms with Crippen molar-refractivity contribution in [3.63, 3.8) is 0 Å². The van der Waals surface area contributed by atoms with Crippen LogP contribution in [-0.2, 0) is 14.1 Å². The van der Waals surface area contributed by atoms with Gasteiger partial charge in [-0.05, 0) is 12.0 Å². The molecule has 0 aliphatic rings. The van der Waals surface area contributed by atoms with Crippen molar-refractivity contribution < 1.29 is 4.74 Å².